The molecule has 140 valence electrons. The van der Waals surface area contributed by atoms with Crippen LogP contribution in [-0.2, 0) is 4.74 Å². The minimum Gasteiger partial charge on any atom is -0.381 e. The van der Waals surface area contributed by atoms with Crippen molar-refractivity contribution in [1.29, 1.82) is 0 Å². The Balaban J connectivity index is 1.59. The molecule has 1 saturated heterocycles. The molecule has 0 spiro atoms. The standard InChI is InChI=1S/C18H25N5O3/c1-22(2)18(25)23(14-5-9-26-10-6-14)8-7-19-17(24)13-3-4-15-16(11-13)21-12-20-15/h3-4,11-12,14H,5-10H2,1-2H3,(H,19,24)(H,20,21). The maximum absolute atomic E-state index is 12.5. The maximum atomic E-state index is 12.5. The van der Waals surface area contributed by atoms with E-state index < -0.39 is 0 Å². The molecule has 1 aliphatic rings. The van der Waals surface area contributed by atoms with Crippen LogP contribution in [0, 0.1) is 0 Å². The lowest BCUT2D eigenvalue weighted by atomic mass is 10.1. The van der Waals surface area contributed by atoms with Gasteiger partial charge in [0.1, 0.15) is 0 Å². The number of H-pyrrole nitrogens is 1. The average molecular weight is 359 g/mol. The minimum absolute atomic E-state index is 0.0370. The first kappa shape index (κ1) is 18.2. The van der Waals surface area contributed by atoms with E-state index >= 15 is 0 Å². The summed E-state index contributed by atoms with van der Waals surface area (Å²) in [5.74, 6) is -0.161. The number of nitrogens with one attached hydrogen (secondary N) is 2. The van der Waals surface area contributed by atoms with E-state index in [1.165, 1.54) is 0 Å². The van der Waals surface area contributed by atoms with E-state index in [0.29, 0.717) is 31.9 Å². The van der Waals surface area contributed by atoms with Gasteiger partial charge in [-0.15, -0.1) is 0 Å². The smallest absolute Gasteiger partial charge is 0.319 e. The maximum Gasteiger partial charge on any atom is 0.319 e. The number of ether oxygens (including phenoxy) is 1. The second-order valence-electron chi connectivity index (χ2n) is 6.60. The van der Waals surface area contributed by atoms with Gasteiger partial charge in [-0.05, 0) is 31.0 Å². The third kappa shape index (κ3) is 4.13. The zero-order chi connectivity index (χ0) is 18.5. The molecule has 3 amide bonds. The Hall–Kier alpha value is -2.61. The van der Waals surface area contributed by atoms with Crippen LogP contribution in [0.1, 0.15) is 23.2 Å². The lowest BCUT2D eigenvalue weighted by molar-refractivity contribution is 0.0415. The molecule has 1 aromatic carbocycles. The first-order chi connectivity index (χ1) is 12.6. The van der Waals surface area contributed by atoms with Crippen LogP contribution < -0.4 is 5.32 Å². The van der Waals surface area contributed by atoms with Crippen molar-refractivity contribution in [1.82, 2.24) is 25.1 Å². The average Bonchev–Trinajstić information content (AvgIpc) is 3.13. The number of imidazole rings is 1. The summed E-state index contributed by atoms with van der Waals surface area (Å²) in [6.45, 7) is 2.20. The fourth-order valence-corrected chi connectivity index (χ4v) is 3.16. The van der Waals surface area contributed by atoms with Crippen molar-refractivity contribution < 1.29 is 14.3 Å². The summed E-state index contributed by atoms with van der Waals surface area (Å²) in [6, 6.07) is 5.45. The summed E-state index contributed by atoms with van der Waals surface area (Å²) in [4.78, 5) is 35.4. The Bertz CT molecular complexity index is 767. The molecule has 8 nitrogen and oxygen atoms in total. The van der Waals surface area contributed by atoms with Crippen molar-refractivity contribution in [3.63, 3.8) is 0 Å². The van der Waals surface area contributed by atoms with Crippen molar-refractivity contribution in [3.8, 4) is 0 Å². The van der Waals surface area contributed by atoms with Gasteiger partial charge >= 0.3 is 6.03 Å². The van der Waals surface area contributed by atoms with Gasteiger partial charge in [0.05, 0.1) is 17.4 Å². The zero-order valence-corrected chi connectivity index (χ0v) is 15.2. The van der Waals surface area contributed by atoms with Crippen molar-refractivity contribution in [2.75, 3.05) is 40.4 Å². The van der Waals surface area contributed by atoms with Crippen LogP contribution in [-0.4, -0.2) is 78.1 Å². The largest absolute Gasteiger partial charge is 0.381 e. The van der Waals surface area contributed by atoms with Gasteiger partial charge in [0.15, 0.2) is 0 Å². The fourth-order valence-electron chi connectivity index (χ4n) is 3.16. The molecule has 3 rings (SSSR count). The third-order valence-corrected chi connectivity index (χ3v) is 4.58. The quantitative estimate of drug-likeness (QED) is 0.845. The number of urea groups is 1. The SMILES string of the molecule is CN(C)C(=O)N(CCNC(=O)c1ccc2nc[nH]c2c1)C1CCOCC1. The molecule has 26 heavy (non-hydrogen) atoms. The number of aromatic nitrogens is 2. The second kappa shape index (κ2) is 8.18. The van der Waals surface area contributed by atoms with Crippen LogP contribution in [0.5, 0.6) is 0 Å². The zero-order valence-electron chi connectivity index (χ0n) is 15.2. The molecule has 1 aromatic heterocycles. The molecular formula is C18H25N5O3. The van der Waals surface area contributed by atoms with E-state index in [2.05, 4.69) is 15.3 Å². The summed E-state index contributed by atoms with van der Waals surface area (Å²) in [7, 11) is 3.49. The van der Waals surface area contributed by atoms with Gasteiger partial charge in [0.2, 0.25) is 0 Å². The number of carbonyl (C=O) groups excluding carboxylic acids is 2. The van der Waals surface area contributed by atoms with Crippen LogP contribution in [0.25, 0.3) is 11.0 Å². The number of fused-ring (bicyclic) bond motifs is 1. The number of hydrogen-bond acceptors (Lipinski definition) is 4. The molecule has 0 saturated carbocycles. The van der Waals surface area contributed by atoms with Gasteiger partial charge in [0.25, 0.3) is 5.91 Å². The van der Waals surface area contributed by atoms with Gasteiger partial charge in [-0.25, -0.2) is 9.78 Å². The highest BCUT2D eigenvalue weighted by Gasteiger charge is 2.26. The van der Waals surface area contributed by atoms with Crippen LogP contribution >= 0.6 is 0 Å². The van der Waals surface area contributed by atoms with E-state index in [-0.39, 0.29) is 18.0 Å². The summed E-state index contributed by atoms with van der Waals surface area (Å²) in [5.41, 5.74) is 2.21. The summed E-state index contributed by atoms with van der Waals surface area (Å²) in [5, 5.41) is 2.90. The van der Waals surface area contributed by atoms with Gasteiger partial charge < -0.3 is 24.8 Å². The van der Waals surface area contributed by atoms with Crippen molar-refractivity contribution in [3.05, 3.63) is 30.1 Å². The monoisotopic (exact) mass is 359 g/mol. The number of rotatable bonds is 5. The predicted molar refractivity (Wildman–Crippen MR) is 98.1 cm³/mol. The molecule has 8 heteroatoms. The summed E-state index contributed by atoms with van der Waals surface area (Å²) in [6.07, 6.45) is 3.25. The Morgan fingerprint density at radius 3 is 2.81 bits per heavy atom. The molecule has 0 unspecified atom stereocenters. The second-order valence-corrected chi connectivity index (χ2v) is 6.60. The minimum atomic E-state index is -0.161. The van der Waals surface area contributed by atoms with Crippen molar-refractivity contribution in [2.24, 2.45) is 0 Å². The highest BCUT2D eigenvalue weighted by molar-refractivity contribution is 5.97. The van der Waals surface area contributed by atoms with Crippen LogP contribution in [0.3, 0.4) is 0 Å². The Kier molecular flexibility index (Phi) is 5.72. The molecule has 0 atom stereocenters. The van der Waals surface area contributed by atoms with E-state index in [1.54, 1.807) is 37.5 Å². The molecule has 0 aliphatic carbocycles. The number of amides is 3. The Morgan fingerprint density at radius 2 is 2.08 bits per heavy atom. The molecule has 0 bridgehead atoms. The number of aromatic amines is 1. The van der Waals surface area contributed by atoms with E-state index in [4.69, 9.17) is 4.74 Å². The number of nitrogens with zero attached hydrogens (tertiary/aromatic N) is 3. The first-order valence-corrected chi connectivity index (χ1v) is 8.83. The molecule has 1 aliphatic heterocycles. The third-order valence-electron chi connectivity index (χ3n) is 4.58. The summed E-state index contributed by atoms with van der Waals surface area (Å²) >= 11 is 0. The molecule has 2 aromatic rings. The highest BCUT2D eigenvalue weighted by atomic mass is 16.5. The van der Waals surface area contributed by atoms with Gasteiger partial charge in [-0.2, -0.15) is 0 Å². The number of hydrogen-bond donors (Lipinski definition) is 2. The van der Waals surface area contributed by atoms with Gasteiger partial charge in [-0.3, -0.25) is 4.79 Å². The van der Waals surface area contributed by atoms with E-state index in [1.807, 2.05) is 11.0 Å². The molecule has 0 radical (unpaired) electrons. The lowest BCUT2D eigenvalue weighted by Gasteiger charge is -2.36. The number of carbonyl (C=O) groups is 2. The number of benzene rings is 1. The fraction of sp³-hybridized carbons (Fsp3) is 0.500. The van der Waals surface area contributed by atoms with Gasteiger partial charge in [-0.1, -0.05) is 0 Å². The van der Waals surface area contributed by atoms with Crippen molar-refractivity contribution in [2.45, 2.75) is 18.9 Å². The van der Waals surface area contributed by atoms with Gasteiger partial charge in [0, 0.05) is 52.0 Å². The predicted octanol–water partition coefficient (Wildman–Crippen LogP) is 1.46. The Morgan fingerprint density at radius 1 is 1.31 bits per heavy atom. The first-order valence-electron chi connectivity index (χ1n) is 8.83. The molecule has 2 heterocycles. The van der Waals surface area contributed by atoms with E-state index in [9.17, 15) is 9.59 Å². The van der Waals surface area contributed by atoms with Crippen LogP contribution in [0.2, 0.25) is 0 Å². The lowest BCUT2D eigenvalue weighted by Crippen LogP contribution is -2.50. The molecule has 1 fully saturated rings. The highest BCUT2D eigenvalue weighted by Crippen LogP contribution is 2.16. The molecule has 2 N–H and O–H groups in total. The van der Waals surface area contributed by atoms with Crippen LogP contribution in [0.15, 0.2) is 24.5 Å². The van der Waals surface area contributed by atoms with E-state index in [0.717, 1.165) is 23.9 Å². The van der Waals surface area contributed by atoms with Crippen molar-refractivity contribution >= 4 is 23.0 Å². The Labute approximate surface area is 152 Å². The normalized spacial score (nSPS) is 15.0. The summed E-state index contributed by atoms with van der Waals surface area (Å²) < 4.78 is 5.39. The van der Waals surface area contributed by atoms with Crippen LogP contribution in [0.4, 0.5) is 4.79 Å². The topological polar surface area (TPSA) is 90.6 Å². The molecular weight excluding hydrogens is 334 g/mol.